The van der Waals surface area contributed by atoms with E-state index in [0.29, 0.717) is 17.0 Å². The summed E-state index contributed by atoms with van der Waals surface area (Å²) in [7, 11) is 1.54. The Hall–Kier alpha value is -3.33. The van der Waals surface area contributed by atoms with Crippen molar-refractivity contribution < 1.29 is 27.4 Å². The predicted molar refractivity (Wildman–Crippen MR) is 114 cm³/mol. The fraction of sp³-hybridized carbons (Fsp3) is 0.304. The number of carbonyl (C=O) groups is 1. The number of nitrogens with zero attached hydrogens (tertiary/aromatic N) is 2. The van der Waals surface area contributed by atoms with Crippen LogP contribution in [-0.4, -0.2) is 48.2 Å². The highest BCUT2D eigenvalue weighted by Gasteiger charge is 2.28. The number of rotatable bonds is 8. The zero-order valence-corrected chi connectivity index (χ0v) is 17.9. The van der Waals surface area contributed by atoms with Gasteiger partial charge in [0, 0.05) is 17.8 Å². The van der Waals surface area contributed by atoms with Crippen molar-refractivity contribution in [1.29, 1.82) is 0 Å². The average Bonchev–Trinajstić information content (AvgIpc) is 3.19. The number of benzene rings is 2. The number of aryl methyl sites for hydroxylation is 1. The summed E-state index contributed by atoms with van der Waals surface area (Å²) in [6.07, 6.45) is -2.82. The molecule has 0 saturated carbocycles. The summed E-state index contributed by atoms with van der Waals surface area (Å²) in [5, 5.41) is 7.28. The third kappa shape index (κ3) is 6.10. The molecule has 9 heteroatoms. The third-order valence-corrected chi connectivity index (χ3v) is 4.61. The molecule has 0 radical (unpaired) electrons. The van der Waals surface area contributed by atoms with Crippen LogP contribution in [0.5, 0.6) is 5.75 Å². The molecule has 0 fully saturated rings. The quantitative estimate of drug-likeness (QED) is 0.550. The zero-order chi connectivity index (χ0) is 23.3. The molecule has 1 amide bonds. The number of halogens is 3. The van der Waals surface area contributed by atoms with Crippen LogP contribution in [0.4, 0.5) is 13.2 Å². The Morgan fingerprint density at radius 3 is 2.56 bits per heavy atom. The molecule has 2 aromatic carbocycles. The molecule has 0 aliphatic carbocycles. The number of aromatic nitrogens is 2. The molecule has 1 aromatic heterocycles. The maximum absolute atomic E-state index is 13.0. The van der Waals surface area contributed by atoms with Gasteiger partial charge in [-0.15, -0.1) is 0 Å². The molecule has 3 aromatic rings. The number of hydrogen-bond acceptors (Lipinski definition) is 4. The van der Waals surface area contributed by atoms with Crippen molar-refractivity contribution in [3.05, 3.63) is 65.9 Å². The summed E-state index contributed by atoms with van der Waals surface area (Å²) in [6.45, 7) is 1.90. The van der Waals surface area contributed by atoms with Gasteiger partial charge in [0.05, 0.1) is 25.0 Å². The fourth-order valence-corrected chi connectivity index (χ4v) is 3.05. The second-order valence-electron chi connectivity index (χ2n) is 7.41. The molecular weight excluding hydrogens is 423 g/mol. The Morgan fingerprint density at radius 2 is 1.91 bits per heavy atom. The molecule has 1 unspecified atom stereocenters. The van der Waals surface area contributed by atoms with Crippen molar-refractivity contribution in [2.75, 3.05) is 20.3 Å². The number of amides is 1. The van der Waals surface area contributed by atoms with Gasteiger partial charge in [-0.25, -0.2) is 4.68 Å². The summed E-state index contributed by atoms with van der Waals surface area (Å²) in [6, 6.07) is 14.1. The molecule has 1 heterocycles. The molecule has 0 aliphatic rings. The molecule has 6 nitrogen and oxygen atoms in total. The molecular formula is C23H24F3N3O3. The lowest BCUT2D eigenvalue weighted by atomic mass is 10.1. The monoisotopic (exact) mass is 447 g/mol. The van der Waals surface area contributed by atoms with Crippen molar-refractivity contribution in [2.45, 2.75) is 26.1 Å². The largest absolute Gasteiger partial charge is 0.497 e. The van der Waals surface area contributed by atoms with Crippen LogP contribution in [0, 0.1) is 6.92 Å². The minimum absolute atomic E-state index is 0.272. The number of nitrogens with one attached hydrogen (secondary N) is 1. The van der Waals surface area contributed by atoms with Gasteiger partial charge in [0.2, 0.25) is 0 Å². The van der Waals surface area contributed by atoms with Gasteiger partial charge in [0.15, 0.2) is 0 Å². The molecule has 1 N–H and O–H groups in total. The van der Waals surface area contributed by atoms with E-state index in [1.165, 1.54) is 0 Å². The molecule has 32 heavy (non-hydrogen) atoms. The van der Waals surface area contributed by atoms with Gasteiger partial charge in [0.25, 0.3) is 5.91 Å². The summed E-state index contributed by atoms with van der Waals surface area (Å²) in [4.78, 5) is 13.0. The summed E-state index contributed by atoms with van der Waals surface area (Å²) in [5.74, 6) is 0.136. The fourth-order valence-electron chi connectivity index (χ4n) is 3.05. The number of hydrogen-bond donors (Lipinski definition) is 1. The highest BCUT2D eigenvalue weighted by molar-refractivity contribution is 6.00. The van der Waals surface area contributed by atoms with E-state index in [0.717, 1.165) is 11.3 Å². The lowest BCUT2D eigenvalue weighted by Gasteiger charge is -2.15. The first kappa shape index (κ1) is 23.3. The molecule has 0 saturated heterocycles. The van der Waals surface area contributed by atoms with Crippen molar-refractivity contribution in [3.63, 3.8) is 0 Å². The van der Waals surface area contributed by atoms with Gasteiger partial charge in [-0.05, 0) is 38.1 Å². The second kappa shape index (κ2) is 9.86. The lowest BCUT2D eigenvalue weighted by molar-refractivity contribution is -0.174. The van der Waals surface area contributed by atoms with Crippen LogP contribution in [0.25, 0.3) is 16.9 Å². The summed E-state index contributed by atoms with van der Waals surface area (Å²) < 4.78 is 48.4. The van der Waals surface area contributed by atoms with E-state index in [9.17, 15) is 18.0 Å². The molecule has 3 rings (SSSR count). The molecule has 0 aliphatic heterocycles. The first-order chi connectivity index (χ1) is 15.2. The molecule has 0 bridgehead atoms. The zero-order valence-electron chi connectivity index (χ0n) is 17.9. The van der Waals surface area contributed by atoms with Gasteiger partial charge in [-0.3, -0.25) is 4.79 Å². The van der Waals surface area contributed by atoms with Crippen LogP contribution in [0.2, 0.25) is 0 Å². The van der Waals surface area contributed by atoms with E-state index in [-0.39, 0.29) is 12.2 Å². The minimum atomic E-state index is -4.42. The highest BCUT2D eigenvalue weighted by atomic mass is 19.4. The van der Waals surface area contributed by atoms with Crippen molar-refractivity contribution in [2.24, 2.45) is 0 Å². The van der Waals surface area contributed by atoms with E-state index >= 15 is 0 Å². The molecule has 0 spiro atoms. The second-order valence-corrected chi connectivity index (χ2v) is 7.41. The van der Waals surface area contributed by atoms with Crippen LogP contribution >= 0.6 is 0 Å². The van der Waals surface area contributed by atoms with Crippen molar-refractivity contribution in [1.82, 2.24) is 15.1 Å². The first-order valence-corrected chi connectivity index (χ1v) is 9.93. The first-order valence-electron chi connectivity index (χ1n) is 9.93. The van der Waals surface area contributed by atoms with Gasteiger partial charge >= 0.3 is 6.18 Å². The Kier molecular flexibility index (Phi) is 7.19. The Morgan fingerprint density at radius 1 is 1.19 bits per heavy atom. The number of carbonyl (C=O) groups excluding carboxylic acids is 1. The lowest BCUT2D eigenvalue weighted by Crippen LogP contribution is -2.37. The van der Waals surface area contributed by atoms with Crippen LogP contribution in [0.3, 0.4) is 0 Å². The minimum Gasteiger partial charge on any atom is -0.497 e. The predicted octanol–water partition coefficient (Wildman–Crippen LogP) is 4.55. The molecule has 1 atom stereocenters. The maximum Gasteiger partial charge on any atom is 0.411 e. The standard InChI is InChI=1S/C23H24F3N3O3/c1-15-7-9-18(10-8-15)29-12-20(21(28-29)17-5-4-6-19(11-17)31-3)22(30)27-16(2)13-32-14-23(24,25)26/h4-12,16H,13-14H2,1-3H3,(H,27,30). The number of ether oxygens (including phenoxy) is 2. The maximum atomic E-state index is 13.0. The van der Waals surface area contributed by atoms with Crippen LogP contribution in [0.15, 0.2) is 54.7 Å². The van der Waals surface area contributed by atoms with Crippen molar-refractivity contribution in [3.8, 4) is 22.7 Å². The average molecular weight is 447 g/mol. The summed E-state index contributed by atoms with van der Waals surface area (Å²) >= 11 is 0. The van der Waals surface area contributed by atoms with E-state index in [4.69, 9.17) is 4.74 Å². The topological polar surface area (TPSA) is 65.4 Å². The van der Waals surface area contributed by atoms with Gasteiger partial charge in [-0.2, -0.15) is 18.3 Å². The third-order valence-electron chi connectivity index (χ3n) is 4.61. The number of methoxy groups -OCH3 is 1. The van der Waals surface area contributed by atoms with Gasteiger partial charge < -0.3 is 14.8 Å². The van der Waals surface area contributed by atoms with Crippen LogP contribution in [-0.2, 0) is 4.74 Å². The van der Waals surface area contributed by atoms with Crippen molar-refractivity contribution >= 4 is 5.91 Å². The van der Waals surface area contributed by atoms with Crippen LogP contribution in [0.1, 0.15) is 22.8 Å². The summed E-state index contributed by atoms with van der Waals surface area (Å²) in [5.41, 5.74) is 3.22. The van der Waals surface area contributed by atoms with Gasteiger partial charge in [0.1, 0.15) is 18.1 Å². The smallest absolute Gasteiger partial charge is 0.411 e. The van der Waals surface area contributed by atoms with E-state index in [1.54, 1.807) is 49.2 Å². The Bertz CT molecular complexity index is 1060. The normalized spacial score (nSPS) is 12.4. The SMILES string of the molecule is COc1cccc(-c2nn(-c3ccc(C)cc3)cc2C(=O)NC(C)COCC(F)(F)F)c1. The Labute approximate surface area is 184 Å². The Balaban J connectivity index is 1.88. The van der Waals surface area contributed by atoms with E-state index < -0.39 is 24.7 Å². The molecule has 170 valence electrons. The number of alkyl halides is 3. The van der Waals surface area contributed by atoms with Crippen LogP contribution < -0.4 is 10.1 Å². The van der Waals surface area contributed by atoms with E-state index in [1.807, 2.05) is 31.2 Å². The highest BCUT2D eigenvalue weighted by Crippen LogP contribution is 2.27. The van der Waals surface area contributed by atoms with E-state index in [2.05, 4.69) is 15.2 Å². The van der Waals surface area contributed by atoms with Gasteiger partial charge in [-0.1, -0.05) is 29.8 Å².